The Kier molecular flexibility index (Phi) is 3.75. The molecule has 0 unspecified atom stereocenters. The average molecular weight is 299 g/mol. The number of anilines is 1. The predicted molar refractivity (Wildman–Crippen MR) is 88.3 cm³/mol. The second-order valence-corrected chi connectivity index (χ2v) is 5.57. The van der Waals surface area contributed by atoms with Crippen molar-refractivity contribution in [1.29, 1.82) is 0 Å². The molecular formula is C16H17N3OS. The summed E-state index contributed by atoms with van der Waals surface area (Å²) >= 11 is 1.69. The van der Waals surface area contributed by atoms with Crippen LogP contribution in [0.25, 0.3) is 21.6 Å². The molecule has 1 aromatic carbocycles. The fourth-order valence-corrected chi connectivity index (χ4v) is 3.27. The maximum atomic E-state index is 5.28. The van der Waals surface area contributed by atoms with Crippen LogP contribution in [0.1, 0.15) is 12.5 Å². The van der Waals surface area contributed by atoms with Gasteiger partial charge in [-0.25, -0.2) is 9.97 Å². The molecule has 0 radical (unpaired) electrons. The zero-order valence-electron chi connectivity index (χ0n) is 12.3. The van der Waals surface area contributed by atoms with Gasteiger partial charge in [0.2, 0.25) is 0 Å². The van der Waals surface area contributed by atoms with Crippen molar-refractivity contribution in [2.45, 2.75) is 13.3 Å². The Bertz CT molecular complexity index is 782. The summed E-state index contributed by atoms with van der Waals surface area (Å²) in [6.07, 6.45) is 0.984. The fraction of sp³-hybridized carbons (Fsp3) is 0.250. The molecule has 0 saturated heterocycles. The van der Waals surface area contributed by atoms with Gasteiger partial charge in [0.15, 0.2) is 5.82 Å². The average Bonchev–Trinajstić information content (AvgIpc) is 3.01. The van der Waals surface area contributed by atoms with Gasteiger partial charge in [0.1, 0.15) is 11.6 Å². The van der Waals surface area contributed by atoms with E-state index >= 15 is 0 Å². The molecule has 0 bridgehead atoms. The number of methoxy groups -OCH3 is 1. The number of hydrogen-bond donors (Lipinski definition) is 1. The first kappa shape index (κ1) is 13.8. The van der Waals surface area contributed by atoms with Gasteiger partial charge in [-0.1, -0.05) is 6.92 Å². The second kappa shape index (κ2) is 5.69. The third-order valence-electron chi connectivity index (χ3n) is 3.47. The number of aryl methyl sites for hydroxylation is 1. The van der Waals surface area contributed by atoms with Crippen LogP contribution in [-0.2, 0) is 6.42 Å². The molecule has 1 N–H and O–H groups in total. The van der Waals surface area contributed by atoms with E-state index in [0.717, 1.165) is 39.6 Å². The summed E-state index contributed by atoms with van der Waals surface area (Å²) in [5.74, 6) is 2.41. The highest BCUT2D eigenvalue weighted by atomic mass is 32.1. The van der Waals surface area contributed by atoms with Crippen molar-refractivity contribution in [2.24, 2.45) is 0 Å². The van der Waals surface area contributed by atoms with E-state index in [-0.39, 0.29) is 0 Å². The van der Waals surface area contributed by atoms with Crippen LogP contribution < -0.4 is 10.1 Å². The summed E-state index contributed by atoms with van der Waals surface area (Å²) in [6, 6.07) is 7.99. The van der Waals surface area contributed by atoms with Crippen LogP contribution in [0.2, 0.25) is 0 Å². The molecule has 4 nitrogen and oxygen atoms in total. The van der Waals surface area contributed by atoms with E-state index in [1.54, 1.807) is 18.4 Å². The molecule has 2 heterocycles. The zero-order chi connectivity index (χ0) is 14.8. The first-order valence-corrected chi connectivity index (χ1v) is 7.75. The number of benzene rings is 1. The third kappa shape index (κ3) is 2.45. The lowest BCUT2D eigenvalue weighted by Gasteiger charge is -2.09. The number of nitrogens with one attached hydrogen (secondary N) is 1. The monoisotopic (exact) mass is 299 g/mol. The maximum Gasteiger partial charge on any atom is 0.172 e. The molecule has 0 atom stereocenters. The normalized spacial score (nSPS) is 10.8. The van der Waals surface area contributed by atoms with Crippen molar-refractivity contribution < 1.29 is 4.74 Å². The molecule has 0 amide bonds. The van der Waals surface area contributed by atoms with Crippen LogP contribution in [0.3, 0.4) is 0 Å². The Hall–Kier alpha value is -2.14. The summed E-state index contributed by atoms with van der Waals surface area (Å²) in [4.78, 5) is 10.5. The molecule has 0 fully saturated rings. The minimum absolute atomic E-state index is 0.781. The Morgan fingerprint density at radius 3 is 2.81 bits per heavy atom. The van der Waals surface area contributed by atoms with Crippen molar-refractivity contribution in [3.05, 3.63) is 35.2 Å². The molecule has 5 heteroatoms. The standard InChI is InChI=1S/C16H17N3OS/c1-4-10-7-8-21-14(10)16-18-13-6-5-11(20-3)9-12(13)15(17-2)19-16/h5-9H,4H2,1-3H3,(H,17,18,19). The fourth-order valence-electron chi connectivity index (χ4n) is 2.34. The Balaban J connectivity index is 2.22. The van der Waals surface area contributed by atoms with Gasteiger partial charge in [0, 0.05) is 12.4 Å². The second-order valence-electron chi connectivity index (χ2n) is 4.66. The zero-order valence-corrected chi connectivity index (χ0v) is 13.1. The molecule has 3 rings (SSSR count). The Labute approximate surface area is 127 Å². The number of hydrogen-bond acceptors (Lipinski definition) is 5. The van der Waals surface area contributed by atoms with Gasteiger partial charge in [-0.05, 0) is 41.6 Å². The summed E-state index contributed by atoms with van der Waals surface area (Å²) in [5.41, 5.74) is 2.20. The number of aromatic nitrogens is 2. The van der Waals surface area contributed by atoms with Gasteiger partial charge < -0.3 is 10.1 Å². The highest BCUT2D eigenvalue weighted by Gasteiger charge is 2.13. The lowest BCUT2D eigenvalue weighted by molar-refractivity contribution is 0.415. The van der Waals surface area contributed by atoms with Crippen LogP contribution in [0.15, 0.2) is 29.6 Å². The van der Waals surface area contributed by atoms with Gasteiger partial charge in [0.05, 0.1) is 17.5 Å². The summed E-state index contributed by atoms with van der Waals surface area (Å²) in [5, 5.41) is 6.22. The lowest BCUT2D eigenvalue weighted by atomic mass is 10.2. The maximum absolute atomic E-state index is 5.28. The van der Waals surface area contributed by atoms with Gasteiger partial charge >= 0.3 is 0 Å². The predicted octanol–water partition coefficient (Wildman–Crippen LogP) is 3.97. The topological polar surface area (TPSA) is 47.0 Å². The minimum atomic E-state index is 0.781. The van der Waals surface area contributed by atoms with E-state index in [9.17, 15) is 0 Å². The highest BCUT2D eigenvalue weighted by molar-refractivity contribution is 7.13. The first-order chi connectivity index (χ1) is 10.3. The number of thiophene rings is 1. The largest absolute Gasteiger partial charge is 0.497 e. The van der Waals surface area contributed by atoms with Crippen LogP contribution in [-0.4, -0.2) is 24.1 Å². The van der Waals surface area contributed by atoms with E-state index in [2.05, 4.69) is 28.7 Å². The highest BCUT2D eigenvalue weighted by Crippen LogP contribution is 2.32. The van der Waals surface area contributed by atoms with Gasteiger partial charge in [0.25, 0.3) is 0 Å². The number of nitrogens with zero attached hydrogens (tertiary/aromatic N) is 2. The van der Waals surface area contributed by atoms with Crippen LogP contribution in [0, 0.1) is 0 Å². The molecule has 0 spiro atoms. The smallest absolute Gasteiger partial charge is 0.172 e. The van der Waals surface area contributed by atoms with Gasteiger partial charge in [-0.2, -0.15) is 0 Å². The molecule has 0 saturated carbocycles. The molecular weight excluding hydrogens is 282 g/mol. The summed E-state index contributed by atoms with van der Waals surface area (Å²) in [7, 11) is 3.54. The molecule has 2 aromatic heterocycles. The molecule has 108 valence electrons. The van der Waals surface area contributed by atoms with Crippen molar-refractivity contribution in [1.82, 2.24) is 9.97 Å². The van der Waals surface area contributed by atoms with E-state index < -0.39 is 0 Å². The van der Waals surface area contributed by atoms with E-state index in [1.165, 1.54) is 5.56 Å². The third-order valence-corrected chi connectivity index (χ3v) is 4.42. The molecule has 21 heavy (non-hydrogen) atoms. The number of ether oxygens (including phenoxy) is 1. The van der Waals surface area contributed by atoms with Gasteiger partial charge in [-0.15, -0.1) is 11.3 Å². The lowest BCUT2D eigenvalue weighted by Crippen LogP contribution is -1.99. The van der Waals surface area contributed by atoms with Crippen LogP contribution in [0.5, 0.6) is 5.75 Å². The van der Waals surface area contributed by atoms with Crippen molar-refractivity contribution in [3.63, 3.8) is 0 Å². The number of rotatable bonds is 4. The van der Waals surface area contributed by atoms with Crippen molar-refractivity contribution in [2.75, 3.05) is 19.5 Å². The summed E-state index contributed by atoms with van der Waals surface area (Å²) < 4.78 is 5.28. The van der Waals surface area contributed by atoms with Crippen molar-refractivity contribution in [3.8, 4) is 16.5 Å². The summed E-state index contributed by atoms with van der Waals surface area (Å²) in [6.45, 7) is 2.15. The van der Waals surface area contributed by atoms with E-state index in [1.807, 2.05) is 25.2 Å². The molecule has 0 aliphatic rings. The number of fused-ring (bicyclic) bond motifs is 1. The minimum Gasteiger partial charge on any atom is -0.497 e. The van der Waals surface area contributed by atoms with Crippen LogP contribution in [0.4, 0.5) is 5.82 Å². The first-order valence-electron chi connectivity index (χ1n) is 6.87. The Morgan fingerprint density at radius 1 is 1.24 bits per heavy atom. The van der Waals surface area contributed by atoms with Crippen LogP contribution >= 0.6 is 11.3 Å². The van der Waals surface area contributed by atoms with Crippen molar-refractivity contribution >= 4 is 28.1 Å². The Morgan fingerprint density at radius 2 is 2.10 bits per heavy atom. The van der Waals surface area contributed by atoms with Gasteiger partial charge in [-0.3, -0.25) is 0 Å². The van der Waals surface area contributed by atoms with E-state index in [4.69, 9.17) is 9.72 Å². The molecule has 0 aliphatic heterocycles. The quantitative estimate of drug-likeness (QED) is 0.792. The molecule has 3 aromatic rings. The molecule has 0 aliphatic carbocycles. The van der Waals surface area contributed by atoms with E-state index in [0.29, 0.717) is 0 Å². The SMILES string of the molecule is CCc1ccsc1-c1nc(NC)c2cc(OC)ccc2n1.